The van der Waals surface area contributed by atoms with Crippen molar-refractivity contribution in [1.29, 1.82) is 0 Å². The van der Waals surface area contributed by atoms with Gasteiger partial charge in [-0.3, -0.25) is 9.78 Å². The summed E-state index contributed by atoms with van der Waals surface area (Å²) in [5.74, 6) is -1.63. The SMILES string of the molecule is O=C(CC(O)(C(F)(F)F)C(F)(F)F)N1CC(S(=O)(=O)N2CCC(c3coc4cccnc34)CC2)C1. The van der Waals surface area contributed by atoms with Crippen LogP contribution in [0.25, 0.3) is 11.1 Å². The molecule has 0 unspecified atom stereocenters. The topological polar surface area (TPSA) is 104 Å². The van der Waals surface area contributed by atoms with Crippen molar-refractivity contribution in [2.45, 2.75) is 48.4 Å². The first kappa shape index (κ1) is 25.7. The second kappa shape index (κ2) is 8.62. The van der Waals surface area contributed by atoms with Crippen molar-refractivity contribution >= 4 is 27.0 Å². The van der Waals surface area contributed by atoms with E-state index in [9.17, 15) is 44.7 Å². The summed E-state index contributed by atoms with van der Waals surface area (Å²) in [7, 11) is -3.93. The molecule has 2 saturated heterocycles. The van der Waals surface area contributed by atoms with Gasteiger partial charge in [-0.2, -0.15) is 26.3 Å². The average molecular weight is 529 g/mol. The van der Waals surface area contributed by atoms with Crippen molar-refractivity contribution in [3.8, 4) is 0 Å². The largest absolute Gasteiger partial charge is 0.462 e. The minimum Gasteiger partial charge on any atom is -0.462 e. The van der Waals surface area contributed by atoms with Crippen molar-refractivity contribution in [1.82, 2.24) is 14.2 Å². The van der Waals surface area contributed by atoms with Crippen LogP contribution in [0.3, 0.4) is 0 Å². The molecule has 0 saturated carbocycles. The molecule has 2 aromatic heterocycles. The lowest BCUT2D eigenvalue weighted by Crippen LogP contribution is -2.64. The smallest absolute Gasteiger partial charge is 0.426 e. The molecular weight excluding hydrogens is 508 g/mol. The molecule has 0 radical (unpaired) electrons. The molecule has 2 aliphatic rings. The van der Waals surface area contributed by atoms with E-state index in [0.29, 0.717) is 28.8 Å². The van der Waals surface area contributed by atoms with E-state index in [4.69, 9.17) is 4.42 Å². The van der Waals surface area contributed by atoms with Crippen LogP contribution in [0.15, 0.2) is 29.0 Å². The second-order valence-corrected chi connectivity index (χ2v) is 10.9. The number of aromatic nitrogens is 1. The number of alkyl halides is 6. The second-order valence-electron chi connectivity index (χ2n) is 8.71. The number of carbonyl (C=O) groups is 1. The summed E-state index contributed by atoms with van der Waals surface area (Å²) in [5, 5.41) is 8.04. The fourth-order valence-electron chi connectivity index (χ4n) is 4.33. The van der Waals surface area contributed by atoms with E-state index in [1.807, 2.05) is 0 Å². The quantitative estimate of drug-likeness (QED) is 0.598. The lowest BCUT2D eigenvalue weighted by molar-refractivity contribution is -0.367. The van der Waals surface area contributed by atoms with Crippen molar-refractivity contribution in [2.75, 3.05) is 26.2 Å². The van der Waals surface area contributed by atoms with Gasteiger partial charge in [0.1, 0.15) is 10.8 Å². The third-order valence-electron chi connectivity index (χ3n) is 6.58. The number of halogens is 6. The number of sulfonamides is 1. The van der Waals surface area contributed by atoms with Crippen LogP contribution in [-0.2, 0) is 14.8 Å². The number of rotatable bonds is 5. The molecule has 0 spiro atoms. The number of fused-ring (bicyclic) bond motifs is 1. The van der Waals surface area contributed by atoms with Gasteiger partial charge in [0.25, 0.3) is 5.60 Å². The molecule has 2 fully saturated rings. The van der Waals surface area contributed by atoms with Crippen LogP contribution in [0, 0.1) is 0 Å². The van der Waals surface area contributed by atoms with Crippen molar-refractivity contribution < 1.29 is 49.1 Å². The highest BCUT2D eigenvalue weighted by Crippen LogP contribution is 2.46. The van der Waals surface area contributed by atoms with Crippen molar-refractivity contribution in [2.24, 2.45) is 0 Å². The first-order valence-electron chi connectivity index (χ1n) is 10.6. The van der Waals surface area contributed by atoms with E-state index in [2.05, 4.69) is 4.98 Å². The number of furan rings is 1. The maximum Gasteiger partial charge on any atom is 0.426 e. The molecule has 0 atom stereocenters. The summed E-state index contributed by atoms with van der Waals surface area (Å²) in [5.41, 5.74) is -3.05. The Kier molecular flexibility index (Phi) is 6.33. The molecular formula is C20H21F6N3O5S. The first-order chi connectivity index (χ1) is 16.1. The van der Waals surface area contributed by atoms with Crippen LogP contribution in [0.2, 0.25) is 0 Å². The Morgan fingerprint density at radius 3 is 2.29 bits per heavy atom. The highest BCUT2D eigenvalue weighted by atomic mass is 32.2. The normalized spacial score (nSPS) is 19.8. The van der Waals surface area contributed by atoms with Crippen LogP contribution < -0.4 is 0 Å². The summed E-state index contributed by atoms with van der Waals surface area (Å²) in [4.78, 5) is 16.9. The number of hydrogen-bond donors (Lipinski definition) is 1. The Bertz CT molecular complexity index is 1180. The minimum absolute atomic E-state index is 0.000480. The third-order valence-corrected chi connectivity index (χ3v) is 8.80. The van der Waals surface area contributed by atoms with Crippen molar-refractivity contribution in [3.05, 3.63) is 30.2 Å². The Morgan fingerprint density at radius 2 is 1.71 bits per heavy atom. The zero-order valence-electron chi connectivity index (χ0n) is 18.0. The Balaban J connectivity index is 1.35. The summed E-state index contributed by atoms with van der Waals surface area (Å²) in [6.45, 7) is -0.802. The minimum atomic E-state index is -6.13. The lowest BCUT2D eigenvalue weighted by Gasteiger charge is -2.43. The van der Waals surface area contributed by atoms with E-state index in [0.717, 1.165) is 5.56 Å². The van der Waals surface area contributed by atoms with Gasteiger partial charge in [-0.1, -0.05) is 0 Å². The van der Waals surface area contributed by atoms with Crippen molar-refractivity contribution in [3.63, 3.8) is 0 Å². The molecule has 0 bridgehead atoms. The molecule has 0 aliphatic carbocycles. The number of amides is 1. The Morgan fingerprint density at radius 1 is 1.11 bits per heavy atom. The predicted molar refractivity (Wildman–Crippen MR) is 109 cm³/mol. The fraction of sp³-hybridized carbons (Fsp3) is 0.600. The van der Waals surface area contributed by atoms with Gasteiger partial charge >= 0.3 is 12.4 Å². The van der Waals surface area contributed by atoms with E-state index in [-0.39, 0.29) is 19.0 Å². The molecule has 35 heavy (non-hydrogen) atoms. The van der Waals surface area contributed by atoms with Gasteiger partial charge in [0.2, 0.25) is 15.9 Å². The van der Waals surface area contributed by atoms with Gasteiger partial charge in [0, 0.05) is 37.9 Å². The molecule has 1 amide bonds. The van der Waals surface area contributed by atoms with E-state index in [1.165, 1.54) is 4.31 Å². The predicted octanol–water partition coefficient (Wildman–Crippen LogP) is 2.79. The first-order valence-corrected chi connectivity index (χ1v) is 12.1. The van der Waals surface area contributed by atoms with E-state index < -0.39 is 58.6 Å². The summed E-state index contributed by atoms with van der Waals surface area (Å²) in [6, 6.07) is 3.49. The van der Waals surface area contributed by atoms with Gasteiger partial charge in [-0.25, -0.2) is 12.7 Å². The molecule has 4 heterocycles. The van der Waals surface area contributed by atoms with Gasteiger partial charge in [-0.05, 0) is 30.9 Å². The Labute approximate surface area is 195 Å². The molecule has 4 rings (SSSR count). The number of hydrogen-bond acceptors (Lipinski definition) is 6. The van der Waals surface area contributed by atoms with Crippen LogP contribution in [0.5, 0.6) is 0 Å². The molecule has 8 nitrogen and oxygen atoms in total. The summed E-state index contributed by atoms with van der Waals surface area (Å²) in [6.07, 6.45) is -10.4. The van der Waals surface area contributed by atoms with Crippen LogP contribution >= 0.6 is 0 Å². The maximum absolute atomic E-state index is 12.9. The number of carbonyl (C=O) groups excluding carboxylic acids is 1. The lowest BCUT2D eigenvalue weighted by atomic mass is 9.91. The van der Waals surface area contributed by atoms with E-state index >= 15 is 0 Å². The third kappa shape index (κ3) is 4.48. The highest BCUT2D eigenvalue weighted by Gasteiger charge is 2.71. The van der Waals surface area contributed by atoms with Crippen LogP contribution in [-0.4, -0.2) is 83.0 Å². The standard InChI is InChI=1S/C20H21F6N3O5S/c21-19(22,23)18(31,20(24,25)26)8-16(30)28-9-13(10-28)35(32,33)29-6-3-12(4-7-29)14-11-34-15-2-1-5-27-17(14)15/h1-2,5,11-13,31H,3-4,6-10H2. The number of piperidine rings is 1. The molecule has 0 aromatic carbocycles. The summed E-state index contributed by atoms with van der Waals surface area (Å²) < 4.78 is 109. The van der Waals surface area contributed by atoms with Crippen LogP contribution in [0.1, 0.15) is 30.7 Å². The van der Waals surface area contributed by atoms with E-state index in [1.54, 1.807) is 24.6 Å². The molecule has 15 heteroatoms. The zero-order chi connectivity index (χ0) is 25.8. The van der Waals surface area contributed by atoms with Crippen LogP contribution in [0.4, 0.5) is 26.3 Å². The average Bonchev–Trinajstić information content (AvgIpc) is 3.15. The molecule has 194 valence electrons. The van der Waals surface area contributed by atoms with Gasteiger partial charge in [0.05, 0.1) is 12.7 Å². The monoisotopic (exact) mass is 529 g/mol. The number of aliphatic hydroxyl groups is 1. The van der Waals surface area contributed by atoms with Gasteiger partial charge in [0.15, 0.2) is 5.58 Å². The molecule has 1 N–H and O–H groups in total. The number of nitrogens with zero attached hydrogens (tertiary/aromatic N) is 3. The number of likely N-dealkylation sites (tertiary alicyclic amines) is 1. The molecule has 2 aromatic rings. The Hall–Kier alpha value is -2.39. The van der Waals surface area contributed by atoms with Gasteiger partial charge in [-0.15, -0.1) is 0 Å². The highest BCUT2D eigenvalue weighted by molar-refractivity contribution is 7.89. The summed E-state index contributed by atoms with van der Waals surface area (Å²) >= 11 is 0. The zero-order valence-corrected chi connectivity index (χ0v) is 18.8. The molecule has 2 aliphatic heterocycles. The number of pyridine rings is 1. The van der Waals surface area contributed by atoms with Gasteiger partial charge < -0.3 is 14.4 Å². The maximum atomic E-state index is 12.9. The fourth-order valence-corrected chi connectivity index (χ4v) is 6.21.